The predicted octanol–water partition coefficient (Wildman–Crippen LogP) is 3.44. The first kappa shape index (κ1) is 34.2. The SMILES string of the molecule is CC(C)CONC(=O)c1ncnc2c1ncn2CCOCP(=O)(OCOC(=O)C(C)(C)C)OCOC(=O)C(C)(C)C. The molecule has 0 aromatic carbocycles. The quantitative estimate of drug-likeness (QED) is 0.103. The van der Waals surface area contributed by atoms with Crippen LogP contribution in [0, 0.1) is 16.7 Å². The van der Waals surface area contributed by atoms with Gasteiger partial charge < -0.3 is 18.8 Å². The van der Waals surface area contributed by atoms with E-state index >= 15 is 0 Å². The van der Waals surface area contributed by atoms with Crippen molar-refractivity contribution >= 4 is 36.6 Å². The first-order chi connectivity index (χ1) is 19.0. The fourth-order valence-electron chi connectivity index (χ4n) is 2.74. The summed E-state index contributed by atoms with van der Waals surface area (Å²) in [7, 11) is -4.02. The number of aromatic nitrogens is 4. The highest BCUT2D eigenvalue weighted by Gasteiger charge is 2.30. The van der Waals surface area contributed by atoms with Gasteiger partial charge in [-0.05, 0) is 47.5 Å². The number of hydroxylamine groups is 1. The second-order valence-electron chi connectivity index (χ2n) is 11.5. The summed E-state index contributed by atoms with van der Waals surface area (Å²) in [6.45, 7) is 13.1. The normalized spacial score (nSPS) is 12.5. The maximum atomic E-state index is 13.2. The molecule has 0 aliphatic rings. The zero-order valence-corrected chi connectivity index (χ0v) is 25.7. The van der Waals surface area contributed by atoms with Crippen molar-refractivity contribution in [2.45, 2.75) is 61.9 Å². The second kappa shape index (κ2) is 14.8. The summed E-state index contributed by atoms with van der Waals surface area (Å²) in [4.78, 5) is 54.1. The summed E-state index contributed by atoms with van der Waals surface area (Å²) in [5, 5.41) is 0. The summed E-state index contributed by atoms with van der Waals surface area (Å²) < 4.78 is 40.9. The first-order valence-corrected chi connectivity index (χ1v) is 14.6. The zero-order valence-electron chi connectivity index (χ0n) is 24.8. The molecule has 1 N–H and O–H groups in total. The lowest BCUT2D eigenvalue weighted by Crippen LogP contribution is -2.26. The molecule has 0 saturated carbocycles. The molecule has 2 heterocycles. The van der Waals surface area contributed by atoms with Crippen LogP contribution < -0.4 is 5.48 Å². The highest BCUT2D eigenvalue weighted by atomic mass is 31.2. The standard InChI is InChI=1S/C25H40N5O10P/c1-17(2)11-38-29-21(31)19-18-20(27-12-26-19)30(13-28-18)9-10-35-16-41(34,39-14-36-22(32)24(3,4)5)40-15-37-23(33)25(6,7)8/h12-13,17H,9-11,14-16H2,1-8H3,(H,29,31). The van der Waals surface area contributed by atoms with E-state index in [0.29, 0.717) is 12.3 Å². The lowest BCUT2D eigenvalue weighted by Gasteiger charge is -2.22. The predicted molar refractivity (Wildman–Crippen MR) is 145 cm³/mol. The van der Waals surface area contributed by atoms with Crippen LogP contribution in [0.15, 0.2) is 12.7 Å². The van der Waals surface area contributed by atoms with E-state index in [1.54, 1.807) is 46.1 Å². The van der Waals surface area contributed by atoms with Gasteiger partial charge in [0.25, 0.3) is 5.91 Å². The second-order valence-corrected chi connectivity index (χ2v) is 13.5. The van der Waals surface area contributed by atoms with Gasteiger partial charge in [-0.2, -0.15) is 0 Å². The van der Waals surface area contributed by atoms with E-state index in [1.807, 2.05) is 13.8 Å². The van der Waals surface area contributed by atoms with E-state index < -0.39 is 56.2 Å². The number of ether oxygens (including phenoxy) is 3. The highest BCUT2D eigenvalue weighted by Crippen LogP contribution is 2.48. The summed E-state index contributed by atoms with van der Waals surface area (Å²) in [6.07, 6.45) is 2.15. The molecule has 16 heteroatoms. The van der Waals surface area contributed by atoms with Gasteiger partial charge in [-0.15, -0.1) is 0 Å². The van der Waals surface area contributed by atoms with Gasteiger partial charge in [0.1, 0.15) is 18.2 Å². The first-order valence-electron chi connectivity index (χ1n) is 12.9. The maximum absolute atomic E-state index is 13.2. The zero-order chi connectivity index (χ0) is 30.8. The summed E-state index contributed by atoms with van der Waals surface area (Å²) in [5.74, 6) is -1.48. The number of carbonyl (C=O) groups excluding carboxylic acids is 3. The van der Waals surface area contributed by atoms with Crippen molar-refractivity contribution in [1.29, 1.82) is 0 Å². The number of hydrogen-bond donors (Lipinski definition) is 1. The Morgan fingerprint density at radius 2 is 1.54 bits per heavy atom. The molecule has 0 radical (unpaired) electrons. The van der Waals surface area contributed by atoms with E-state index in [9.17, 15) is 18.9 Å². The molecule has 0 bridgehead atoms. The minimum Gasteiger partial charge on any atom is -0.438 e. The molecule has 2 rings (SSSR count). The summed E-state index contributed by atoms with van der Waals surface area (Å²) in [6, 6.07) is 0. The van der Waals surface area contributed by atoms with Crippen molar-refractivity contribution in [2.75, 3.05) is 33.1 Å². The number of nitrogens with zero attached hydrogens (tertiary/aromatic N) is 4. The van der Waals surface area contributed by atoms with Gasteiger partial charge >= 0.3 is 19.5 Å². The third-order valence-corrected chi connectivity index (χ3v) is 6.52. The molecule has 1 amide bonds. The van der Waals surface area contributed by atoms with Gasteiger partial charge in [-0.25, -0.2) is 20.4 Å². The molecule has 230 valence electrons. The average Bonchev–Trinajstić information content (AvgIpc) is 3.28. The Morgan fingerprint density at radius 1 is 0.951 bits per heavy atom. The van der Waals surface area contributed by atoms with Crippen molar-refractivity contribution in [3.8, 4) is 0 Å². The Balaban J connectivity index is 2.00. The molecule has 0 spiro atoms. The largest absolute Gasteiger partial charge is 0.438 e. The van der Waals surface area contributed by atoms with E-state index in [4.69, 9.17) is 28.1 Å². The molecule has 0 aliphatic heterocycles. The van der Waals surface area contributed by atoms with Crippen molar-refractivity contribution in [3.05, 3.63) is 18.3 Å². The third-order valence-electron chi connectivity index (χ3n) is 5.03. The van der Waals surface area contributed by atoms with Crippen LogP contribution in [0.25, 0.3) is 11.2 Å². The Hall–Kier alpha value is -2.97. The van der Waals surface area contributed by atoms with Gasteiger partial charge in [-0.1, -0.05) is 13.8 Å². The van der Waals surface area contributed by atoms with Gasteiger partial charge in [0.2, 0.25) is 13.6 Å². The van der Waals surface area contributed by atoms with E-state index in [2.05, 4.69) is 20.4 Å². The van der Waals surface area contributed by atoms with Crippen LogP contribution >= 0.6 is 7.60 Å². The van der Waals surface area contributed by atoms with Crippen LogP contribution in [0.2, 0.25) is 0 Å². The molecule has 2 aromatic heterocycles. The van der Waals surface area contributed by atoms with Gasteiger partial charge in [-0.3, -0.25) is 32.8 Å². The Kier molecular flexibility index (Phi) is 12.3. The monoisotopic (exact) mass is 601 g/mol. The summed E-state index contributed by atoms with van der Waals surface area (Å²) in [5.41, 5.74) is 1.41. The van der Waals surface area contributed by atoms with Crippen molar-refractivity contribution in [1.82, 2.24) is 25.0 Å². The number of esters is 2. The minimum atomic E-state index is -4.02. The molecule has 0 atom stereocenters. The smallest absolute Gasteiger partial charge is 0.361 e. The van der Waals surface area contributed by atoms with Crippen molar-refractivity contribution in [2.24, 2.45) is 16.7 Å². The van der Waals surface area contributed by atoms with Gasteiger partial charge in [0.05, 0.1) is 30.4 Å². The number of nitrogens with one attached hydrogen (secondary N) is 1. The van der Waals surface area contributed by atoms with Crippen LogP contribution in [-0.4, -0.2) is 70.5 Å². The Morgan fingerprint density at radius 3 is 2.07 bits per heavy atom. The van der Waals surface area contributed by atoms with Crippen LogP contribution in [0.5, 0.6) is 0 Å². The van der Waals surface area contributed by atoms with E-state index in [-0.39, 0.29) is 30.3 Å². The molecular formula is C25H40N5O10P. The lowest BCUT2D eigenvalue weighted by molar-refractivity contribution is -0.162. The number of fused-ring (bicyclic) bond motifs is 1. The van der Waals surface area contributed by atoms with Crippen LogP contribution in [0.4, 0.5) is 0 Å². The van der Waals surface area contributed by atoms with E-state index in [1.165, 1.54) is 12.7 Å². The Bertz CT molecular complexity index is 1200. The number of amides is 1. The van der Waals surface area contributed by atoms with Crippen molar-refractivity contribution < 1.29 is 47.0 Å². The maximum Gasteiger partial charge on any atom is 0.361 e. The molecule has 0 aliphatic carbocycles. The minimum absolute atomic E-state index is 0.00869. The number of rotatable bonds is 15. The highest BCUT2D eigenvalue weighted by molar-refractivity contribution is 7.53. The average molecular weight is 602 g/mol. The molecule has 0 unspecified atom stereocenters. The van der Waals surface area contributed by atoms with Gasteiger partial charge in [0, 0.05) is 6.54 Å². The molecule has 0 saturated heterocycles. The fourth-order valence-corrected chi connectivity index (χ4v) is 3.74. The number of imidazole rings is 1. The Labute approximate surface area is 239 Å². The van der Waals surface area contributed by atoms with Crippen molar-refractivity contribution in [3.63, 3.8) is 0 Å². The number of carbonyl (C=O) groups is 3. The molecule has 41 heavy (non-hydrogen) atoms. The fraction of sp³-hybridized carbons (Fsp3) is 0.680. The van der Waals surface area contributed by atoms with E-state index in [0.717, 1.165) is 0 Å². The topological polar surface area (TPSA) is 179 Å². The molecule has 15 nitrogen and oxygen atoms in total. The van der Waals surface area contributed by atoms with Gasteiger partial charge in [0.15, 0.2) is 11.3 Å². The summed E-state index contributed by atoms with van der Waals surface area (Å²) >= 11 is 0. The van der Waals surface area contributed by atoms with Crippen LogP contribution in [-0.2, 0) is 48.8 Å². The molecular weight excluding hydrogens is 561 g/mol. The molecule has 2 aromatic rings. The number of hydrogen-bond acceptors (Lipinski definition) is 13. The molecule has 0 fully saturated rings. The third kappa shape index (κ3) is 11.1. The van der Waals surface area contributed by atoms with Crippen LogP contribution in [0.3, 0.4) is 0 Å². The van der Waals surface area contributed by atoms with Crippen LogP contribution in [0.1, 0.15) is 65.9 Å². The lowest BCUT2D eigenvalue weighted by atomic mass is 9.98.